The molecule has 0 saturated heterocycles. The molecule has 17 heavy (non-hydrogen) atoms. The number of rotatable bonds is 3. The van der Waals surface area contributed by atoms with Crippen molar-refractivity contribution in [2.75, 3.05) is 0 Å². The number of benzene rings is 1. The molecular weight excluding hydrogens is 228 g/mol. The highest BCUT2D eigenvalue weighted by Gasteiger charge is 2.20. The van der Waals surface area contributed by atoms with Gasteiger partial charge in [-0.15, -0.1) is 0 Å². The number of hydrogen-bond acceptors (Lipinski definition) is 5. The van der Waals surface area contributed by atoms with Crippen LogP contribution in [0, 0.1) is 20.2 Å². The molecule has 0 aliphatic carbocycles. The first-order valence-corrected chi connectivity index (χ1v) is 4.82. The predicted octanol–water partition coefficient (Wildman–Crippen LogP) is 2.68. The minimum Gasteiger partial charge on any atom is -0.488 e. The fraction of sp³-hybridized carbons (Fsp3) is 0.400. The van der Waals surface area contributed by atoms with Crippen LogP contribution in [0.15, 0.2) is 18.2 Å². The van der Waals surface area contributed by atoms with Gasteiger partial charge in [-0.05, 0) is 20.8 Å². The fourth-order valence-electron chi connectivity index (χ4n) is 1.19. The second-order valence-electron chi connectivity index (χ2n) is 4.41. The number of non-ortho nitro benzene ring substituents is 2. The van der Waals surface area contributed by atoms with Gasteiger partial charge in [0.15, 0.2) is 0 Å². The molecule has 0 aliphatic rings. The van der Waals surface area contributed by atoms with Crippen LogP contribution in [0.1, 0.15) is 20.8 Å². The summed E-state index contributed by atoms with van der Waals surface area (Å²) in [5, 5.41) is 21.2. The second kappa shape index (κ2) is 4.36. The van der Waals surface area contributed by atoms with Crippen molar-refractivity contribution in [3.8, 4) is 5.75 Å². The highest BCUT2D eigenvalue weighted by atomic mass is 16.6. The Morgan fingerprint density at radius 3 is 1.71 bits per heavy atom. The first-order valence-electron chi connectivity index (χ1n) is 4.82. The molecule has 0 radical (unpaired) electrons. The third-order valence-electron chi connectivity index (χ3n) is 1.72. The quantitative estimate of drug-likeness (QED) is 0.597. The maximum Gasteiger partial charge on any atom is 0.280 e. The third-order valence-corrected chi connectivity index (χ3v) is 1.72. The minimum absolute atomic E-state index is 0.110. The summed E-state index contributed by atoms with van der Waals surface area (Å²) in [6.07, 6.45) is 0. The van der Waals surface area contributed by atoms with Gasteiger partial charge in [0.25, 0.3) is 11.4 Å². The average molecular weight is 240 g/mol. The molecule has 0 bridgehead atoms. The molecule has 7 heteroatoms. The van der Waals surface area contributed by atoms with Crippen molar-refractivity contribution >= 4 is 11.4 Å². The van der Waals surface area contributed by atoms with Gasteiger partial charge in [0.2, 0.25) is 0 Å². The van der Waals surface area contributed by atoms with Crippen LogP contribution in [-0.2, 0) is 0 Å². The largest absolute Gasteiger partial charge is 0.488 e. The Kier molecular flexibility index (Phi) is 3.31. The third kappa shape index (κ3) is 3.71. The normalized spacial score (nSPS) is 11.0. The highest BCUT2D eigenvalue weighted by Crippen LogP contribution is 2.29. The second-order valence-corrected chi connectivity index (χ2v) is 4.41. The van der Waals surface area contributed by atoms with Crippen LogP contribution in [0.25, 0.3) is 0 Å². The first kappa shape index (κ1) is 12.9. The van der Waals surface area contributed by atoms with E-state index in [1.165, 1.54) is 0 Å². The Hall–Kier alpha value is -2.18. The van der Waals surface area contributed by atoms with Crippen molar-refractivity contribution in [2.24, 2.45) is 0 Å². The lowest BCUT2D eigenvalue weighted by Gasteiger charge is -2.20. The maximum atomic E-state index is 10.6. The summed E-state index contributed by atoms with van der Waals surface area (Å²) in [4.78, 5) is 19.9. The van der Waals surface area contributed by atoms with E-state index in [2.05, 4.69) is 0 Å². The Morgan fingerprint density at radius 2 is 1.41 bits per heavy atom. The molecule has 92 valence electrons. The van der Waals surface area contributed by atoms with Crippen LogP contribution in [-0.4, -0.2) is 15.4 Å². The Morgan fingerprint density at radius 1 is 1.00 bits per heavy atom. The first-order chi connectivity index (χ1) is 7.69. The van der Waals surface area contributed by atoms with Crippen molar-refractivity contribution in [1.29, 1.82) is 0 Å². The lowest BCUT2D eigenvalue weighted by atomic mass is 10.2. The zero-order valence-electron chi connectivity index (χ0n) is 9.67. The summed E-state index contributed by atoms with van der Waals surface area (Å²) < 4.78 is 5.37. The molecule has 0 amide bonds. The molecule has 0 saturated carbocycles. The van der Waals surface area contributed by atoms with E-state index in [0.717, 1.165) is 18.2 Å². The van der Waals surface area contributed by atoms with Crippen LogP contribution in [0.4, 0.5) is 11.4 Å². The SMILES string of the molecule is CC(C)(C)Oc1cc([N+](=O)[O-])cc([N+](=O)[O-])c1. The van der Waals surface area contributed by atoms with Crippen molar-refractivity contribution in [1.82, 2.24) is 0 Å². The predicted molar refractivity (Wildman–Crippen MR) is 60.1 cm³/mol. The lowest BCUT2D eigenvalue weighted by molar-refractivity contribution is -0.394. The van der Waals surface area contributed by atoms with Gasteiger partial charge in [0.05, 0.1) is 28.0 Å². The van der Waals surface area contributed by atoms with Crippen LogP contribution in [0.5, 0.6) is 5.75 Å². The van der Waals surface area contributed by atoms with E-state index in [4.69, 9.17) is 4.74 Å². The number of ether oxygens (including phenoxy) is 1. The standard InChI is InChI=1S/C10H12N2O5/c1-10(2,3)17-9-5-7(11(13)14)4-8(6-9)12(15)16/h4-6H,1-3H3. The maximum absolute atomic E-state index is 10.6. The number of nitro groups is 2. The van der Waals surface area contributed by atoms with Crippen LogP contribution < -0.4 is 4.74 Å². The van der Waals surface area contributed by atoms with E-state index < -0.39 is 15.4 Å². The minimum atomic E-state index is -0.692. The molecule has 0 aliphatic heterocycles. The fourth-order valence-corrected chi connectivity index (χ4v) is 1.19. The van der Waals surface area contributed by atoms with E-state index in [9.17, 15) is 20.2 Å². The van der Waals surface area contributed by atoms with Gasteiger partial charge >= 0.3 is 0 Å². The molecule has 1 aromatic carbocycles. The molecule has 0 spiro atoms. The molecule has 0 aromatic heterocycles. The molecule has 0 unspecified atom stereocenters. The van der Waals surface area contributed by atoms with Gasteiger partial charge < -0.3 is 4.74 Å². The summed E-state index contributed by atoms with van der Waals surface area (Å²) in [6.45, 7) is 5.24. The molecule has 1 rings (SSSR count). The van der Waals surface area contributed by atoms with Crippen LogP contribution in [0.3, 0.4) is 0 Å². The van der Waals surface area contributed by atoms with Gasteiger partial charge in [-0.2, -0.15) is 0 Å². The van der Waals surface area contributed by atoms with Gasteiger partial charge in [0, 0.05) is 0 Å². The molecule has 7 nitrogen and oxygen atoms in total. The summed E-state index contributed by atoms with van der Waals surface area (Å²) in [6, 6.07) is 3.23. The molecule has 0 N–H and O–H groups in total. The summed E-state index contributed by atoms with van der Waals surface area (Å²) >= 11 is 0. The van der Waals surface area contributed by atoms with Gasteiger partial charge in [-0.25, -0.2) is 0 Å². The monoisotopic (exact) mass is 240 g/mol. The molecule has 0 heterocycles. The van der Waals surface area contributed by atoms with Crippen LogP contribution in [0.2, 0.25) is 0 Å². The highest BCUT2D eigenvalue weighted by molar-refractivity contribution is 5.49. The smallest absolute Gasteiger partial charge is 0.280 e. The van der Waals surface area contributed by atoms with Crippen molar-refractivity contribution in [3.05, 3.63) is 38.4 Å². The van der Waals surface area contributed by atoms with E-state index in [0.29, 0.717) is 0 Å². The summed E-state index contributed by atoms with van der Waals surface area (Å²) in [5.41, 5.74) is -1.31. The number of nitro benzene ring substituents is 2. The van der Waals surface area contributed by atoms with E-state index in [-0.39, 0.29) is 17.1 Å². The number of hydrogen-bond donors (Lipinski definition) is 0. The van der Waals surface area contributed by atoms with Gasteiger partial charge in [0.1, 0.15) is 11.4 Å². The topological polar surface area (TPSA) is 95.5 Å². The van der Waals surface area contributed by atoms with Gasteiger partial charge in [-0.1, -0.05) is 0 Å². The Bertz CT molecular complexity index is 432. The average Bonchev–Trinajstić information content (AvgIpc) is 2.14. The van der Waals surface area contributed by atoms with Crippen molar-refractivity contribution < 1.29 is 14.6 Å². The van der Waals surface area contributed by atoms with Crippen LogP contribution >= 0.6 is 0 Å². The Balaban J connectivity index is 3.22. The molecule has 0 fully saturated rings. The summed E-state index contributed by atoms with van der Waals surface area (Å²) in [7, 11) is 0. The Labute approximate surface area is 97.3 Å². The van der Waals surface area contributed by atoms with Gasteiger partial charge in [-0.3, -0.25) is 20.2 Å². The summed E-state index contributed by atoms with van der Waals surface area (Å²) in [5.74, 6) is 0.110. The van der Waals surface area contributed by atoms with E-state index in [1.807, 2.05) is 0 Å². The molecule has 0 atom stereocenters. The molecular formula is C10H12N2O5. The zero-order valence-corrected chi connectivity index (χ0v) is 9.67. The molecule has 1 aromatic rings. The van der Waals surface area contributed by atoms with E-state index >= 15 is 0 Å². The van der Waals surface area contributed by atoms with Crippen molar-refractivity contribution in [2.45, 2.75) is 26.4 Å². The lowest BCUT2D eigenvalue weighted by Crippen LogP contribution is -2.23. The number of nitrogens with zero attached hydrogens (tertiary/aromatic N) is 2. The van der Waals surface area contributed by atoms with E-state index in [1.54, 1.807) is 20.8 Å². The zero-order chi connectivity index (χ0) is 13.2. The van der Waals surface area contributed by atoms with Crippen molar-refractivity contribution in [3.63, 3.8) is 0 Å².